The van der Waals surface area contributed by atoms with Crippen LogP contribution in [0.2, 0.25) is 0 Å². The second kappa shape index (κ2) is 6.68. The zero-order valence-electron chi connectivity index (χ0n) is 11.1. The molecule has 0 fully saturated rings. The van der Waals surface area contributed by atoms with E-state index < -0.39 is 0 Å². The van der Waals surface area contributed by atoms with E-state index in [0.29, 0.717) is 11.2 Å². The van der Waals surface area contributed by atoms with Gasteiger partial charge in [-0.25, -0.2) is 0 Å². The van der Waals surface area contributed by atoms with Crippen molar-refractivity contribution in [1.82, 2.24) is 10.6 Å². The maximum absolute atomic E-state index is 5.36. The van der Waals surface area contributed by atoms with Gasteiger partial charge in [-0.1, -0.05) is 36.4 Å². The van der Waals surface area contributed by atoms with Crippen LogP contribution in [-0.2, 0) is 0 Å². The molecular weight excluding hydrogens is 272 g/mol. The monoisotopic (exact) mass is 290 g/mol. The Morgan fingerprint density at radius 2 is 1.79 bits per heavy atom. The van der Waals surface area contributed by atoms with E-state index in [2.05, 4.69) is 66.3 Å². The van der Waals surface area contributed by atoms with Crippen molar-refractivity contribution in [2.75, 3.05) is 0 Å². The summed E-state index contributed by atoms with van der Waals surface area (Å²) in [5.74, 6) is 0. The molecule has 0 saturated carbocycles. The standard InChI is InChI=1S/C15H18N2S2/c1-11(2)16-15(18)17-14(13-9-6-10-19-13)12-7-4-3-5-8-12/h3-11,14H,1-2H3,(H2,16,17,18)/t14-/m1/s1. The molecule has 0 aliphatic carbocycles. The van der Waals surface area contributed by atoms with Crippen LogP contribution in [-0.4, -0.2) is 11.2 Å². The van der Waals surface area contributed by atoms with Crippen molar-refractivity contribution >= 4 is 28.7 Å². The molecule has 0 amide bonds. The fraction of sp³-hybridized carbons (Fsp3) is 0.267. The van der Waals surface area contributed by atoms with Crippen LogP contribution in [0.15, 0.2) is 47.8 Å². The Morgan fingerprint density at radius 3 is 2.37 bits per heavy atom. The summed E-state index contributed by atoms with van der Waals surface area (Å²) in [7, 11) is 0. The predicted molar refractivity (Wildman–Crippen MR) is 86.6 cm³/mol. The van der Waals surface area contributed by atoms with Gasteiger partial charge in [0.15, 0.2) is 5.11 Å². The molecule has 1 atom stereocenters. The third-order valence-electron chi connectivity index (χ3n) is 2.66. The summed E-state index contributed by atoms with van der Waals surface area (Å²) >= 11 is 7.10. The molecule has 2 aromatic rings. The molecule has 1 aromatic heterocycles. The van der Waals surface area contributed by atoms with E-state index in [4.69, 9.17) is 12.2 Å². The molecule has 0 unspecified atom stereocenters. The van der Waals surface area contributed by atoms with Crippen LogP contribution < -0.4 is 10.6 Å². The molecule has 0 bridgehead atoms. The molecule has 4 heteroatoms. The Hall–Kier alpha value is -1.39. The first-order valence-electron chi connectivity index (χ1n) is 6.32. The van der Waals surface area contributed by atoms with E-state index in [9.17, 15) is 0 Å². The summed E-state index contributed by atoms with van der Waals surface area (Å²) in [6, 6.07) is 15.0. The molecule has 2 N–H and O–H groups in total. The Balaban J connectivity index is 2.19. The smallest absolute Gasteiger partial charge is 0.167 e. The lowest BCUT2D eigenvalue weighted by molar-refractivity contribution is 0.688. The van der Waals surface area contributed by atoms with Crippen LogP contribution >= 0.6 is 23.6 Å². The van der Waals surface area contributed by atoms with Gasteiger partial charge in [-0.15, -0.1) is 11.3 Å². The molecule has 19 heavy (non-hydrogen) atoms. The second-order valence-electron chi connectivity index (χ2n) is 4.63. The molecule has 1 heterocycles. The van der Waals surface area contributed by atoms with Crippen molar-refractivity contribution in [3.05, 3.63) is 58.3 Å². The molecule has 0 aliphatic rings. The van der Waals surface area contributed by atoms with Gasteiger partial charge < -0.3 is 10.6 Å². The van der Waals surface area contributed by atoms with Crippen molar-refractivity contribution < 1.29 is 0 Å². The minimum absolute atomic E-state index is 0.111. The number of nitrogens with one attached hydrogen (secondary N) is 2. The van der Waals surface area contributed by atoms with E-state index in [0.717, 1.165) is 0 Å². The number of thiophene rings is 1. The van der Waals surface area contributed by atoms with Crippen molar-refractivity contribution in [2.24, 2.45) is 0 Å². The maximum atomic E-state index is 5.36. The third-order valence-corrected chi connectivity index (χ3v) is 3.83. The second-order valence-corrected chi connectivity index (χ2v) is 6.02. The van der Waals surface area contributed by atoms with Crippen molar-refractivity contribution in [2.45, 2.75) is 25.9 Å². The summed E-state index contributed by atoms with van der Waals surface area (Å²) in [5.41, 5.74) is 1.22. The van der Waals surface area contributed by atoms with Gasteiger partial charge in [0, 0.05) is 10.9 Å². The maximum Gasteiger partial charge on any atom is 0.167 e. The summed E-state index contributed by atoms with van der Waals surface area (Å²) in [5, 5.41) is 9.41. The lowest BCUT2D eigenvalue weighted by Gasteiger charge is -2.21. The van der Waals surface area contributed by atoms with Crippen LogP contribution in [0.3, 0.4) is 0 Å². The van der Waals surface area contributed by atoms with E-state index in [1.807, 2.05) is 6.07 Å². The van der Waals surface area contributed by atoms with E-state index in [1.54, 1.807) is 11.3 Å². The Bertz CT molecular complexity index is 506. The first kappa shape index (κ1) is 14.0. The van der Waals surface area contributed by atoms with Gasteiger partial charge in [-0.3, -0.25) is 0 Å². The fourth-order valence-electron chi connectivity index (χ4n) is 1.85. The molecule has 0 aliphatic heterocycles. The molecular formula is C15H18N2S2. The summed E-state index contributed by atoms with van der Waals surface area (Å²) < 4.78 is 0. The minimum atomic E-state index is 0.111. The normalized spacial score (nSPS) is 12.2. The molecule has 2 nitrogen and oxygen atoms in total. The summed E-state index contributed by atoms with van der Waals surface area (Å²) in [6.45, 7) is 4.16. The molecule has 0 saturated heterocycles. The molecule has 2 rings (SSSR count). The van der Waals surface area contributed by atoms with Crippen LogP contribution in [0.25, 0.3) is 0 Å². The van der Waals surface area contributed by atoms with Gasteiger partial charge in [0.05, 0.1) is 6.04 Å². The Labute approximate surface area is 123 Å². The molecule has 0 spiro atoms. The van der Waals surface area contributed by atoms with E-state index in [1.165, 1.54) is 10.4 Å². The highest BCUT2D eigenvalue weighted by Crippen LogP contribution is 2.25. The van der Waals surface area contributed by atoms with Gasteiger partial charge >= 0.3 is 0 Å². The summed E-state index contributed by atoms with van der Waals surface area (Å²) in [4.78, 5) is 1.26. The highest BCUT2D eigenvalue weighted by atomic mass is 32.1. The Kier molecular flexibility index (Phi) is 4.93. The van der Waals surface area contributed by atoms with E-state index in [-0.39, 0.29) is 6.04 Å². The van der Waals surface area contributed by atoms with Crippen LogP contribution in [0, 0.1) is 0 Å². The van der Waals surface area contributed by atoms with Gasteiger partial charge in [-0.05, 0) is 43.1 Å². The zero-order chi connectivity index (χ0) is 13.7. The first-order chi connectivity index (χ1) is 9.16. The molecule has 100 valence electrons. The SMILES string of the molecule is CC(C)NC(=S)N[C@H](c1ccccc1)c1cccs1. The number of hydrogen-bond donors (Lipinski definition) is 2. The van der Waals surface area contributed by atoms with Crippen molar-refractivity contribution in [1.29, 1.82) is 0 Å². The first-order valence-corrected chi connectivity index (χ1v) is 7.61. The van der Waals surface area contributed by atoms with Gasteiger partial charge in [0.2, 0.25) is 0 Å². The highest BCUT2D eigenvalue weighted by molar-refractivity contribution is 7.80. The average molecular weight is 290 g/mol. The van der Waals surface area contributed by atoms with Gasteiger partial charge in [0.1, 0.15) is 0 Å². The largest absolute Gasteiger partial charge is 0.361 e. The van der Waals surface area contributed by atoms with Crippen LogP contribution in [0.4, 0.5) is 0 Å². The van der Waals surface area contributed by atoms with Gasteiger partial charge in [-0.2, -0.15) is 0 Å². The molecule has 0 radical (unpaired) electrons. The number of rotatable bonds is 4. The van der Waals surface area contributed by atoms with Crippen LogP contribution in [0.5, 0.6) is 0 Å². The quantitative estimate of drug-likeness (QED) is 0.839. The lowest BCUT2D eigenvalue weighted by Crippen LogP contribution is -2.41. The molecule has 1 aromatic carbocycles. The van der Waals surface area contributed by atoms with Gasteiger partial charge in [0.25, 0.3) is 0 Å². The number of thiocarbonyl (C=S) groups is 1. The predicted octanol–water partition coefficient (Wildman–Crippen LogP) is 3.71. The zero-order valence-corrected chi connectivity index (χ0v) is 12.7. The number of hydrogen-bond acceptors (Lipinski definition) is 2. The minimum Gasteiger partial charge on any atom is -0.361 e. The lowest BCUT2D eigenvalue weighted by atomic mass is 10.1. The van der Waals surface area contributed by atoms with Crippen molar-refractivity contribution in [3.63, 3.8) is 0 Å². The summed E-state index contributed by atoms with van der Waals surface area (Å²) in [6.07, 6.45) is 0. The fourth-order valence-corrected chi connectivity index (χ4v) is 3.01. The third kappa shape index (κ3) is 4.04. The average Bonchev–Trinajstić information content (AvgIpc) is 2.90. The van der Waals surface area contributed by atoms with Crippen molar-refractivity contribution in [3.8, 4) is 0 Å². The van der Waals surface area contributed by atoms with Crippen LogP contribution in [0.1, 0.15) is 30.3 Å². The number of benzene rings is 1. The van der Waals surface area contributed by atoms with E-state index >= 15 is 0 Å². The topological polar surface area (TPSA) is 24.1 Å². The Morgan fingerprint density at radius 1 is 1.05 bits per heavy atom. The highest BCUT2D eigenvalue weighted by Gasteiger charge is 2.16.